The highest BCUT2D eigenvalue weighted by molar-refractivity contribution is 6.40. The van der Waals surface area contributed by atoms with Gasteiger partial charge in [-0.25, -0.2) is 10.2 Å². The van der Waals surface area contributed by atoms with E-state index in [-0.39, 0.29) is 5.69 Å². The number of benzene rings is 4. The van der Waals surface area contributed by atoms with E-state index in [4.69, 9.17) is 27.9 Å². The predicted molar refractivity (Wildman–Crippen MR) is 151 cm³/mol. The molecule has 188 valence electrons. The number of esters is 1. The Morgan fingerprint density at radius 2 is 1.68 bits per heavy atom. The van der Waals surface area contributed by atoms with Crippen molar-refractivity contribution in [3.63, 3.8) is 0 Å². The number of rotatable bonds is 6. The fourth-order valence-corrected chi connectivity index (χ4v) is 4.73. The highest BCUT2D eigenvalue weighted by atomic mass is 35.5. The van der Waals surface area contributed by atoms with Crippen LogP contribution in [0.25, 0.3) is 22.0 Å². The maximum Gasteiger partial charge on any atom is 0.343 e. The zero-order chi connectivity index (χ0) is 26.6. The van der Waals surface area contributed by atoms with Crippen molar-refractivity contribution in [2.75, 3.05) is 0 Å². The summed E-state index contributed by atoms with van der Waals surface area (Å²) in [5.41, 5.74) is 6.83. The van der Waals surface area contributed by atoms with Gasteiger partial charge in [0, 0.05) is 27.1 Å². The van der Waals surface area contributed by atoms with Gasteiger partial charge in [-0.1, -0.05) is 83.4 Å². The Hall–Kier alpha value is -4.39. The molecule has 0 radical (unpaired) electrons. The van der Waals surface area contributed by atoms with Crippen molar-refractivity contribution in [1.29, 1.82) is 0 Å². The number of H-pyrrole nitrogens is 1. The Balaban J connectivity index is 1.41. The van der Waals surface area contributed by atoms with E-state index in [9.17, 15) is 9.59 Å². The standard InChI is InChI=1S/C30H21Cl2N3O3/c1-18-8-7-12-20(14-18)30(37)38-25-13-6-5-11-21(25)17-33-35-29(36)28-26(19-9-3-2-4-10-19)27-23(32)15-22(31)16-24(27)34-28/h2-17,34H,1H3,(H,35,36). The van der Waals surface area contributed by atoms with Crippen LogP contribution in [0.4, 0.5) is 0 Å². The maximum absolute atomic E-state index is 13.3. The molecule has 2 N–H and O–H groups in total. The first-order valence-corrected chi connectivity index (χ1v) is 12.4. The van der Waals surface area contributed by atoms with E-state index in [1.807, 2.05) is 43.3 Å². The molecule has 0 atom stereocenters. The number of nitrogens with one attached hydrogen (secondary N) is 2. The van der Waals surface area contributed by atoms with Gasteiger partial charge in [0.25, 0.3) is 5.91 Å². The molecule has 0 bridgehead atoms. The van der Waals surface area contributed by atoms with E-state index >= 15 is 0 Å². The molecule has 0 unspecified atom stereocenters. The number of para-hydroxylation sites is 1. The summed E-state index contributed by atoms with van der Waals surface area (Å²) in [6.45, 7) is 1.90. The van der Waals surface area contributed by atoms with Gasteiger partial charge in [-0.15, -0.1) is 0 Å². The molecular weight excluding hydrogens is 521 g/mol. The molecule has 1 amide bonds. The van der Waals surface area contributed by atoms with E-state index in [1.165, 1.54) is 6.21 Å². The van der Waals surface area contributed by atoms with Crippen LogP contribution in [0.2, 0.25) is 10.0 Å². The quantitative estimate of drug-likeness (QED) is 0.101. The molecule has 0 spiro atoms. The largest absolute Gasteiger partial charge is 0.422 e. The number of aryl methyl sites for hydroxylation is 1. The average Bonchev–Trinajstić information content (AvgIpc) is 3.30. The molecule has 1 aromatic heterocycles. The van der Waals surface area contributed by atoms with Crippen LogP contribution >= 0.6 is 23.2 Å². The lowest BCUT2D eigenvalue weighted by atomic mass is 10.0. The van der Waals surface area contributed by atoms with Crippen LogP contribution in [0.1, 0.15) is 32.0 Å². The van der Waals surface area contributed by atoms with Crippen LogP contribution < -0.4 is 10.2 Å². The van der Waals surface area contributed by atoms with Gasteiger partial charge in [0.2, 0.25) is 0 Å². The summed E-state index contributed by atoms with van der Waals surface area (Å²) in [7, 11) is 0. The topological polar surface area (TPSA) is 83.5 Å². The molecule has 6 nitrogen and oxygen atoms in total. The van der Waals surface area contributed by atoms with E-state index in [0.29, 0.717) is 43.4 Å². The van der Waals surface area contributed by atoms with Crippen molar-refractivity contribution in [3.8, 4) is 16.9 Å². The smallest absolute Gasteiger partial charge is 0.343 e. The third kappa shape index (κ3) is 5.32. The van der Waals surface area contributed by atoms with Crippen molar-refractivity contribution in [2.45, 2.75) is 6.92 Å². The van der Waals surface area contributed by atoms with Gasteiger partial charge in [0.1, 0.15) is 11.4 Å². The number of carbonyl (C=O) groups is 2. The third-order valence-electron chi connectivity index (χ3n) is 5.85. The van der Waals surface area contributed by atoms with Gasteiger partial charge in [-0.2, -0.15) is 5.10 Å². The summed E-state index contributed by atoms with van der Waals surface area (Å²) < 4.78 is 5.59. The summed E-state index contributed by atoms with van der Waals surface area (Å²) >= 11 is 12.7. The highest BCUT2D eigenvalue weighted by Crippen LogP contribution is 2.38. The van der Waals surface area contributed by atoms with Crippen LogP contribution in [0.5, 0.6) is 5.75 Å². The van der Waals surface area contributed by atoms with Crippen molar-refractivity contribution >= 4 is 52.2 Å². The molecule has 1 heterocycles. The Bertz CT molecular complexity index is 1690. The lowest BCUT2D eigenvalue weighted by Crippen LogP contribution is -2.19. The number of amides is 1. The number of hydrazone groups is 1. The molecule has 0 saturated heterocycles. The van der Waals surface area contributed by atoms with E-state index < -0.39 is 11.9 Å². The van der Waals surface area contributed by atoms with Crippen molar-refractivity contribution in [2.24, 2.45) is 5.10 Å². The first kappa shape index (κ1) is 25.3. The van der Waals surface area contributed by atoms with Gasteiger partial charge in [0.05, 0.1) is 16.8 Å². The molecule has 38 heavy (non-hydrogen) atoms. The fraction of sp³-hybridized carbons (Fsp3) is 0.0333. The highest BCUT2D eigenvalue weighted by Gasteiger charge is 2.21. The van der Waals surface area contributed by atoms with Crippen LogP contribution in [0, 0.1) is 6.92 Å². The Morgan fingerprint density at radius 1 is 0.921 bits per heavy atom. The number of fused-ring (bicyclic) bond motifs is 1. The number of aromatic amines is 1. The minimum atomic E-state index is -0.486. The number of hydrogen-bond donors (Lipinski definition) is 2. The molecule has 0 aliphatic heterocycles. The predicted octanol–water partition coefficient (Wildman–Crippen LogP) is 7.43. The number of aromatic nitrogens is 1. The van der Waals surface area contributed by atoms with Crippen LogP contribution in [-0.4, -0.2) is 23.1 Å². The Morgan fingerprint density at radius 3 is 2.47 bits per heavy atom. The van der Waals surface area contributed by atoms with Crippen LogP contribution in [0.15, 0.2) is 96.1 Å². The molecule has 4 aromatic carbocycles. The molecule has 5 aromatic rings. The second kappa shape index (κ2) is 10.9. The molecule has 0 fully saturated rings. The van der Waals surface area contributed by atoms with E-state index in [2.05, 4.69) is 15.5 Å². The summed E-state index contributed by atoms with van der Waals surface area (Å²) in [6, 6.07) is 26.9. The summed E-state index contributed by atoms with van der Waals surface area (Å²) in [4.78, 5) is 29.0. The number of halogens is 2. The van der Waals surface area contributed by atoms with Crippen molar-refractivity contribution in [1.82, 2.24) is 10.4 Å². The van der Waals surface area contributed by atoms with Crippen molar-refractivity contribution in [3.05, 3.63) is 123 Å². The molecule has 0 saturated carbocycles. The van der Waals surface area contributed by atoms with Gasteiger partial charge in [-0.3, -0.25) is 4.79 Å². The third-order valence-corrected chi connectivity index (χ3v) is 6.37. The Kier molecular flexibility index (Phi) is 7.26. The minimum Gasteiger partial charge on any atom is -0.422 e. The first-order valence-electron chi connectivity index (χ1n) is 11.7. The van der Waals surface area contributed by atoms with Gasteiger partial charge >= 0.3 is 5.97 Å². The maximum atomic E-state index is 13.3. The number of carbonyl (C=O) groups excluding carboxylic acids is 2. The second-order valence-electron chi connectivity index (χ2n) is 8.55. The molecule has 0 aliphatic rings. The molecule has 5 rings (SSSR count). The summed E-state index contributed by atoms with van der Waals surface area (Å²) in [6.07, 6.45) is 1.42. The summed E-state index contributed by atoms with van der Waals surface area (Å²) in [5.74, 6) is -0.647. The lowest BCUT2D eigenvalue weighted by Gasteiger charge is -2.08. The van der Waals surface area contributed by atoms with E-state index in [0.717, 1.165) is 11.1 Å². The summed E-state index contributed by atoms with van der Waals surface area (Å²) in [5, 5.41) is 5.68. The molecule has 0 aliphatic carbocycles. The first-order chi connectivity index (χ1) is 18.4. The van der Waals surface area contributed by atoms with E-state index in [1.54, 1.807) is 54.6 Å². The van der Waals surface area contributed by atoms with Gasteiger partial charge < -0.3 is 9.72 Å². The SMILES string of the molecule is Cc1cccc(C(=O)Oc2ccccc2C=NNC(=O)c2[nH]c3cc(Cl)cc(Cl)c3c2-c2ccccc2)c1. The molecule has 8 heteroatoms. The van der Waals surface area contributed by atoms with Crippen LogP contribution in [-0.2, 0) is 0 Å². The van der Waals surface area contributed by atoms with Gasteiger partial charge in [-0.05, 0) is 48.9 Å². The number of hydrogen-bond acceptors (Lipinski definition) is 4. The zero-order valence-corrected chi connectivity index (χ0v) is 21.7. The second-order valence-corrected chi connectivity index (χ2v) is 9.39. The Labute approximate surface area is 228 Å². The lowest BCUT2D eigenvalue weighted by molar-refractivity contribution is 0.0734. The normalized spacial score (nSPS) is 11.1. The number of nitrogens with zero attached hydrogens (tertiary/aromatic N) is 1. The number of ether oxygens (including phenoxy) is 1. The van der Waals surface area contributed by atoms with Gasteiger partial charge in [0.15, 0.2) is 0 Å². The monoisotopic (exact) mass is 541 g/mol. The zero-order valence-electron chi connectivity index (χ0n) is 20.2. The average molecular weight is 542 g/mol. The van der Waals surface area contributed by atoms with Crippen molar-refractivity contribution < 1.29 is 14.3 Å². The fourth-order valence-electron chi connectivity index (χ4n) is 4.14. The van der Waals surface area contributed by atoms with Crippen LogP contribution in [0.3, 0.4) is 0 Å². The minimum absolute atomic E-state index is 0.284. The molecular formula is C30H21Cl2N3O3.